The second-order valence-corrected chi connectivity index (χ2v) is 3.52. The molecule has 70 valence electrons. The molecule has 0 spiro atoms. The molecule has 13 heavy (non-hydrogen) atoms. The summed E-state index contributed by atoms with van der Waals surface area (Å²) in [6, 6.07) is 6.97. The Kier molecular flexibility index (Phi) is 2.23. The summed E-state index contributed by atoms with van der Waals surface area (Å²) in [5.41, 5.74) is 2.60. The topological polar surface area (TPSA) is 21.3 Å². The van der Waals surface area contributed by atoms with Crippen molar-refractivity contribution >= 4 is 0 Å². The van der Waals surface area contributed by atoms with Crippen LogP contribution in [0.5, 0.6) is 5.75 Å². The second kappa shape index (κ2) is 3.38. The number of hydrogen-bond donors (Lipinski definition) is 1. The number of methoxy groups -OCH3 is 1. The zero-order chi connectivity index (χ0) is 9.26. The van der Waals surface area contributed by atoms with E-state index in [1.807, 2.05) is 6.07 Å². The molecular formula is C11H15NO. The van der Waals surface area contributed by atoms with E-state index in [1.165, 1.54) is 17.5 Å². The van der Waals surface area contributed by atoms with E-state index >= 15 is 0 Å². The molecule has 0 radical (unpaired) electrons. The maximum atomic E-state index is 5.21. The first-order valence-corrected chi connectivity index (χ1v) is 4.69. The highest BCUT2D eigenvalue weighted by Gasteiger charge is 2.18. The van der Waals surface area contributed by atoms with Gasteiger partial charge in [-0.3, -0.25) is 0 Å². The molecule has 1 N–H and O–H groups in total. The summed E-state index contributed by atoms with van der Waals surface area (Å²) < 4.78 is 5.21. The van der Waals surface area contributed by atoms with Crippen molar-refractivity contribution < 1.29 is 4.74 Å². The summed E-state index contributed by atoms with van der Waals surface area (Å²) in [4.78, 5) is 0. The lowest BCUT2D eigenvalue weighted by Gasteiger charge is -2.28. The Morgan fingerprint density at radius 2 is 2.23 bits per heavy atom. The molecule has 1 heterocycles. The van der Waals surface area contributed by atoms with E-state index < -0.39 is 0 Å². The van der Waals surface area contributed by atoms with Crippen LogP contribution < -0.4 is 10.1 Å². The molecule has 2 rings (SSSR count). The van der Waals surface area contributed by atoms with Crippen molar-refractivity contribution in [3.05, 3.63) is 29.3 Å². The normalized spacial score (nSPS) is 20.9. The van der Waals surface area contributed by atoms with Crippen LogP contribution in [0.4, 0.5) is 0 Å². The third-order valence-corrected chi connectivity index (χ3v) is 2.65. The van der Waals surface area contributed by atoms with Crippen molar-refractivity contribution in [3.63, 3.8) is 0 Å². The number of rotatable bonds is 2. The van der Waals surface area contributed by atoms with Gasteiger partial charge in [0.25, 0.3) is 0 Å². The molecule has 1 aliphatic heterocycles. The van der Waals surface area contributed by atoms with E-state index in [0.717, 1.165) is 12.3 Å². The van der Waals surface area contributed by atoms with Gasteiger partial charge in [0.1, 0.15) is 5.75 Å². The predicted molar refractivity (Wildman–Crippen MR) is 53.1 cm³/mol. The maximum absolute atomic E-state index is 5.21. The van der Waals surface area contributed by atoms with Crippen LogP contribution >= 0.6 is 0 Å². The standard InChI is InChI=1S/C11H15NO/c1-8-7-9(10-5-6-12-10)3-4-11(8)13-2/h3-4,7,10,12H,5-6H2,1-2H3/t10-/m0/s1. The Morgan fingerprint density at radius 3 is 2.69 bits per heavy atom. The number of nitrogens with one attached hydrogen (secondary N) is 1. The largest absolute Gasteiger partial charge is 0.496 e. The van der Waals surface area contributed by atoms with Crippen molar-refractivity contribution in [3.8, 4) is 5.75 Å². The fourth-order valence-corrected chi connectivity index (χ4v) is 1.69. The molecule has 1 aromatic carbocycles. The van der Waals surface area contributed by atoms with Crippen LogP contribution in [0.2, 0.25) is 0 Å². The summed E-state index contributed by atoms with van der Waals surface area (Å²) >= 11 is 0. The number of aryl methyl sites for hydroxylation is 1. The van der Waals surface area contributed by atoms with E-state index in [0.29, 0.717) is 6.04 Å². The fourth-order valence-electron chi connectivity index (χ4n) is 1.69. The zero-order valence-corrected chi connectivity index (χ0v) is 8.13. The average Bonchev–Trinajstić information content (AvgIpc) is 2.01. The van der Waals surface area contributed by atoms with Crippen LogP contribution in [0.25, 0.3) is 0 Å². The van der Waals surface area contributed by atoms with Crippen molar-refractivity contribution in [1.29, 1.82) is 0 Å². The number of ether oxygens (including phenoxy) is 1. The number of hydrogen-bond acceptors (Lipinski definition) is 2. The SMILES string of the molecule is COc1ccc([C@@H]2CCN2)cc1C. The van der Waals surface area contributed by atoms with Gasteiger partial charge >= 0.3 is 0 Å². The monoisotopic (exact) mass is 177 g/mol. The first-order valence-electron chi connectivity index (χ1n) is 4.69. The molecule has 1 fully saturated rings. The summed E-state index contributed by atoms with van der Waals surface area (Å²) in [6.07, 6.45) is 1.26. The van der Waals surface area contributed by atoms with Gasteiger partial charge in [0.2, 0.25) is 0 Å². The minimum atomic E-state index is 0.574. The highest BCUT2D eigenvalue weighted by molar-refractivity contribution is 5.37. The van der Waals surface area contributed by atoms with Crippen LogP contribution in [-0.4, -0.2) is 13.7 Å². The third-order valence-electron chi connectivity index (χ3n) is 2.65. The molecule has 1 atom stereocenters. The first-order chi connectivity index (χ1) is 6.31. The zero-order valence-electron chi connectivity index (χ0n) is 8.13. The van der Waals surface area contributed by atoms with Gasteiger partial charge in [0.15, 0.2) is 0 Å². The summed E-state index contributed by atoms with van der Waals surface area (Å²) in [5, 5.41) is 3.39. The molecule has 1 saturated heterocycles. The lowest BCUT2D eigenvalue weighted by atomic mass is 9.96. The summed E-state index contributed by atoms with van der Waals surface area (Å²) in [5.74, 6) is 0.975. The van der Waals surface area contributed by atoms with Crippen molar-refractivity contribution in [2.75, 3.05) is 13.7 Å². The Balaban J connectivity index is 2.24. The molecule has 1 aliphatic rings. The molecule has 0 unspecified atom stereocenters. The quantitative estimate of drug-likeness (QED) is 0.746. The van der Waals surface area contributed by atoms with Crippen LogP contribution in [0.1, 0.15) is 23.6 Å². The lowest BCUT2D eigenvalue weighted by Crippen LogP contribution is -2.34. The summed E-state index contributed by atoms with van der Waals surface area (Å²) in [6.45, 7) is 3.23. The van der Waals surface area contributed by atoms with Gasteiger partial charge in [-0.2, -0.15) is 0 Å². The van der Waals surface area contributed by atoms with Crippen molar-refractivity contribution in [2.24, 2.45) is 0 Å². The molecule has 0 bridgehead atoms. The molecule has 0 aliphatic carbocycles. The van der Waals surface area contributed by atoms with Gasteiger partial charge in [0, 0.05) is 6.04 Å². The summed E-state index contributed by atoms with van der Waals surface area (Å²) in [7, 11) is 1.71. The molecule has 0 amide bonds. The maximum Gasteiger partial charge on any atom is 0.121 e. The first kappa shape index (κ1) is 8.57. The average molecular weight is 177 g/mol. The van der Waals surface area contributed by atoms with E-state index in [4.69, 9.17) is 4.74 Å². The van der Waals surface area contributed by atoms with Crippen LogP contribution in [0.15, 0.2) is 18.2 Å². The van der Waals surface area contributed by atoms with Gasteiger partial charge in [-0.05, 0) is 37.1 Å². The molecule has 2 heteroatoms. The lowest BCUT2D eigenvalue weighted by molar-refractivity contribution is 0.381. The second-order valence-electron chi connectivity index (χ2n) is 3.52. The molecular weight excluding hydrogens is 162 g/mol. The predicted octanol–water partition coefficient (Wildman–Crippen LogP) is 2.04. The smallest absolute Gasteiger partial charge is 0.121 e. The Labute approximate surface area is 78.9 Å². The fraction of sp³-hybridized carbons (Fsp3) is 0.455. The Morgan fingerprint density at radius 1 is 1.46 bits per heavy atom. The van der Waals surface area contributed by atoms with Crippen LogP contribution in [-0.2, 0) is 0 Å². The van der Waals surface area contributed by atoms with Gasteiger partial charge in [0.05, 0.1) is 7.11 Å². The minimum absolute atomic E-state index is 0.574. The minimum Gasteiger partial charge on any atom is -0.496 e. The Hall–Kier alpha value is -1.02. The molecule has 2 nitrogen and oxygen atoms in total. The van der Waals surface area contributed by atoms with Gasteiger partial charge in [-0.1, -0.05) is 12.1 Å². The Bertz CT molecular complexity index is 305. The van der Waals surface area contributed by atoms with E-state index in [-0.39, 0.29) is 0 Å². The van der Waals surface area contributed by atoms with E-state index in [1.54, 1.807) is 7.11 Å². The van der Waals surface area contributed by atoms with Crippen LogP contribution in [0.3, 0.4) is 0 Å². The van der Waals surface area contributed by atoms with E-state index in [2.05, 4.69) is 24.4 Å². The van der Waals surface area contributed by atoms with Crippen molar-refractivity contribution in [2.45, 2.75) is 19.4 Å². The van der Waals surface area contributed by atoms with Gasteiger partial charge in [-0.15, -0.1) is 0 Å². The highest BCUT2D eigenvalue weighted by atomic mass is 16.5. The highest BCUT2D eigenvalue weighted by Crippen LogP contribution is 2.27. The van der Waals surface area contributed by atoms with Gasteiger partial charge in [-0.25, -0.2) is 0 Å². The third kappa shape index (κ3) is 1.54. The molecule has 0 aromatic heterocycles. The van der Waals surface area contributed by atoms with Gasteiger partial charge < -0.3 is 10.1 Å². The van der Waals surface area contributed by atoms with Crippen LogP contribution in [0, 0.1) is 6.92 Å². The number of benzene rings is 1. The van der Waals surface area contributed by atoms with E-state index in [9.17, 15) is 0 Å². The van der Waals surface area contributed by atoms with Crippen molar-refractivity contribution in [1.82, 2.24) is 5.32 Å². The molecule has 0 saturated carbocycles. The molecule has 1 aromatic rings.